The van der Waals surface area contributed by atoms with Gasteiger partial charge in [-0.05, 0) is 18.4 Å². The van der Waals surface area contributed by atoms with Gasteiger partial charge in [-0.15, -0.1) is 6.58 Å². The number of hydrogen-bond donors (Lipinski definition) is 1. The first kappa shape index (κ1) is 18.1. The van der Waals surface area contributed by atoms with Crippen LogP contribution in [0.15, 0.2) is 36.9 Å². The molecule has 0 spiro atoms. The second-order valence-electron chi connectivity index (χ2n) is 5.40. The highest BCUT2D eigenvalue weighted by Crippen LogP contribution is 2.16. The molecule has 0 aliphatic carbocycles. The molecule has 22 heavy (non-hydrogen) atoms. The smallest absolute Gasteiger partial charge is 0.307 e. The van der Waals surface area contributed by atoms with Crippen LogP contribution in [0.5, 0.6) is 0 Å². The van der Waals surface area contributed by atoms with E-state index in [9.17, 15) is 9.59 Å². The molecule has 0 radical (unpaired) electrons. The molecular formula is C18H25NO3. The van der Waals surface area contributed by atoms with E-state index in [2.05, 4.69) is 25.7 Å². The Labute approximate surface area is 132 Å². The van der Waals surface area contributed by atoms with E-state index in [4.69, 9.17) is 4.74 Å². The Kier molecular flexibility index (Phi) is 7.54. The van der Waals surface area contributed by atoms with Crippen molar-refractivity contribution in [2.45, 2.75) is 39.2 Å². The van der Waals surface area contributed by atoms with E-state index in [1.165, 1.54) is 5.56 Å². The van der Waals surface area contributed by atoms with Gasteiger partial charge in [-0.25, -0.2) is 0 Å². The normalized spacial score (nSPS) is 12.0. The summed E-state index contributed by atoms with van der Waals surface area (Å²) in [6.45, 7) is 10.3. The Morgan fingerprint density at radius 2 is 1.91 bits per heavy atom. The second-order valence-corrected chi connectivity index (χ2v) is 5.40. The van der Waals surface area contributed by atoms with Crippen molar-refractivity contribution >= 4 is 11.8 Å². The summed E-state index contributed by atoms with van der Waals surface area (Å²) in [7, 11) is 0. The summed E-state index contributed by atoms with van der Waals surface area (Å²) in [5.41, 5.74) is 1.77. The lowest BCUT2D eigenvalue weighted by Gasteiger charge is -2.16. The Bertz CT molecular complexity index is 506. The zero-order valence-electron chi connectivity index (χ0n) is 13.6. The first-order valence-corrected chi connectivity index (χ1v) is 7.63. The summed E-state index contributed by atoms with van der Waals surface area (Å²) in [5.74, 6) is -0.0696. The topological polar surface area (TPSA) is 55.4 Å². The third-order valence-corrected chi connectivity index (χ3v) is 3.36. The molecule has 0 bridgehead atoms. The van der Waals surface area contributed by atoms with E-state index >= 15 is 0 Å². The van der Waals surface area contributed by atoms with Gasteiger partial charge in [-0.2, -0.15) is 0 Å². The van der Waals surface area contributed by atoms with E-state index < -0.39 is 6.04 Å². The van der Waals surface area contributed by atoms with E-state index in [-0.39, 0.29) is 18.2 Å². The highest BCUT2D eigenvalue weighted by Gasteiger charge is 2.23. The van der Waals surface area contributed by atoms with E-state index in [0.29, 0.717) is 24.6 Å². The largest absolute Gasteiger partial charge is 0.466 e. The molecule has 0 amide bonds. The molecule has 1 atom stereocenters. The minimum absolute atomic E-state index is 0.0203. The van der Waals surface area contributed by atoms with Gasteiger partial charge in [-0.3, -0.25) is 9.59 Å². The van der Waals surface area contributed by atoms with Crippen LogP contribution in [0.4, 0.5) is 0 Å². The molecule has 0 saturated carbocycles. The monoisotopic (exact) mass is 303 g/mol. The Balaban J connectivity index is 2.85. The standard InChI is InChI=1S/C18H25NO3/c1-5-11-19-16(12-17(20)22-6-2)18(21)15-9-7-14(8-10-15)13(3)4/h5,7-10,13,16,19H,1,6,11-12H2,2-4H3. The van der Waals surface area contributed by atoms with Gasteiger partial charge in [0.1, 0.15) is 0 Å². The fourth-order valence-corrected chi connectivity index (χ4v) is 2.10. The van der Waals surface area contributed by atoms with Gasteiger partial charge in [0.25, 0.3) is 0 Å². The quantitative estimate of drug-likeness (QED) is 0.433. The minimum Gasteiger partial charge on any atom is -0.466 e. The molecule has 1 aromatic carbocycles. The van der Waals surface area contributed by atoms with Gasteiger partial charge in [0.15, 0.2) is 5.78 Å². The maximum atomic E-state index is 12.6. The van der Waals surface area contributed by atoms with Crippen LogP contribution < -0.4 is 5.32 Å². The maximum Gasteiger partial charge on any atom is 0.307 e. The molecule has 1 unspecified atom stereocenters. The molecular weight excluding hydrogens is 278 g/mol. The van der Waals surface area contributed by atoms with Crippen LogP contribution in [0.2, 0.25) is 0 Å². The van der Waals surface area contributed by atoms with Crippen molar-refractivity contribution in [2.24, 2.45) is 0 Å². The summed E-state index contributed by atoms with van der Waals surface area (Å²) in [6.07, 6.45) is 1.68. The lowest BCUT2D eigenvalue weighted by atomic mass is 9.97. The zero-order valence-corrected chi connectivity index (χ0v) is 13.6. The van der Waals surface area contributed by atoms with Crippen LogP contribution in [-0.2, 0) is 9.53 Å². The Morgan fingerprint density at radius 3 is 2.41 bits per heavy atom. The summed E-state index contributed by atoms with van der Waals surface area (Å²) in [5, 5.41) is 3.03. The predicted molar refractivity (Wildman–Crippen MR) is 88.1 cm³/mol. The van der Waals surface area contributed by atoms with E-state index in [1.807, 2.05) is 24.3 Å². The molecule has 0 fully saturated rings. The summed E-state index contributed by atoms with van der Waals surface area (Å²) < 4.78 is 4.93. The van der Waals surface area contributed by atoms with Gasteiger partial charge < -0.3 is 10.1 Å². The summed E-state index contributed by atoms with van der Waals surface area (Å²) in [4.78, 5) is 24.2. The molecule has 4 heteroatoms. The average molecular weight is 303 g/mol. The van der Waals surface area contributed by atoms with Gasteiger partial charge in [0.2, 0.25) is 0 Å². The Morgan fingerprint density at radius 1 is 1.27 bits per heavy atom. The molecule has 0 aliphatic heterocycles. The molecule has 1 N–H and O–H groups in total. The van der Waals surface area contributed by atoms with E-state index in [1.54, 1.807) is 13.0 Å². The molecule has 1 aromatic rings. The average Bonchev–Trinajstić information content (AvgIpc) is 2.51. The number of hydrogen-bond acceptors (Lipinski definition) is 4. The molecule has 0 aliphatic rings. The van der Waals surface area contributed by atoms with Crippen molar-refractivity contribution in [1.82, 2.24) is 5.32 Å². The maximum absolute atomic E-state index is 12.6. The van der Waals surface area contributed by atoms with Crippen LogP contribution in [-0.4, -0.2) is 30.9 Å². The molecule has 1 rings (SSSR count). The number of carbonyl (C=O) groups is 2. The fourth-order valence-electron chi connectivity index (χ4n) is 2.10. The third kappa shape index (κ3) is 5.45. The SMILES string of the molecule is C=CCNC(CC(=O)OCC)C(=O)c1ccc(C(C)C)cc1. The van der Waals surface area contributed by atoms with Gasteiger partial charge in [-0.1, -0.05) is 44.2 Å². The minimum atomic E-state index is -0.595. The number of ether oxygens (including phenoxy) is 1. The van der Waals surface area contributed by atoms with Gasteiger partial charge in [0, 0.05) is 12.1 Å². The highest BCUT2D eigenvalue weighted by molar-refractivity contribution is 6.01. The van der Waals surface area contributed by atoms with Crippen LogP contribution in [0.3, 0.4) is 0 Å². The third-order valence-electron chi connectivity index (χ3n) is 3.36. The number of rotatable bonds is 9. The van der Waals surface area contributed by atoms with Gasteiger partial charge >= 0.3 is 5.97 Å². The van der Waals surface area contributed by atoms with Crippen molar-refractivity contribution in [1.29, 1.82) is 0 Å². The molecule has 120 valence electrons. The lowest BCUT2D eigenvalue weighted by Crippen LogP contribution is -2.39. The van der Waals surface area contributed by atoms with Crippen LogP contribution in [0.25, 0.3) is 0 Å². The second kappa shape index (κ2) is 9.15. The molecule has 0 saturated heterocycles. The molecule has 0 aromatic heterocycles. The van der Waals surface area contributed by atoms with Crippen molar-refractivity contribution in [3.05, 3.63) is 48.0 Å². The summed E-state index contributed by atoms with van der Waals surface area (Å²) in [6, 6.07) is 6.93. The van der Waals surface area contributed by atoms with Gasteiger partial charge in [0.05, 0.1) is 19.1 Å². The first-order chi connectivity index (χ1) is 10.5. The summed E-state index contributed by atoms with van der Waals surface area (Å²) >= 11 is 0. The number of benzene rings is 1. The van der Waals surface area contributed by atoms with E-state index in [0.717, 1.165) is 0 Å². The molecule has 0 heterocycles. The van der Waals surface area contributed by atoms with Crippen molar-refractivity contribution in [3.8, 4) is 0 Å². The van der Waals surface area contributed by atoms with Crippen LogP contribution in [0, 0.1) is 0 Å². The van der Waals surface area contributed by atoms with Crippen LogP contribution in [0.1, 0.15) is 49.0 Å². The number of nitrogens with one attached hydrogen (secondary N) is 1. The van der Waals surface area contributed by atoms with Crippen molar-refractivity contribution < 1.29 is 14.3 Å². The number of esters is 1. The number of Topliss-reactive ketones (excluding diaryl/α,β-unsaturated/α-hetero) is 1. The zero-order chi connectivity index (χ0) is 16.5. The highest BCUT2D eigenvalue weighted by atomic mass is 16.5. The van der Waals surface area contributed by atoms with Crippen LogP contribution >= 0.6 is 0 Å². The van der Waals surface area contributed by atoms with Crippen molar-refractivity contribution in [3.63, 3.8) is 0 Å². The number of carbonyl (C=O) groups excluding carboxylic acids is 2. The Hall–Kier alpha value is -1.94. The number of ketones is 1. The molecule has 4 nitrogen and oxygen atoms in total. The fraction of sp³-hybridized carbons (Fsp3) is 0.444. The lowest BCUT2D eigenvalue weighted by molar-refractivity contribution is -0.143. The first-order valence-electron chi connectivity index (χ1n) is 7.63. The predicted octanol–water partition coefficient (Wildman–Crippen LogP) is 3.09. The van der Waals surface area contributed by atoms with Crippen molar-refractivity contribution in [2.75, 3.05) is 13.2 Å².